The van der Waals surface area contributed by atoms with Crippen LogP contribution in [0.15, 0.2) is 0 Å². The second kappa shape index (κ2) is 3.21. The molecular weight excluding hydrogens is 176 g/mol. The van der Waals surface area contributed by atoms with Gasteiger partial charge in [0.2, 0.25) is 0 Å². The topological polar surface area (TPSA) is 40.5 Å². The van der Waals surface area contributed by atoms with Crippen LogP contribution in [0.2, 0.25) is 0 Å². The Labute approximate surface area is 87.3 Å². The molecule has 1 aliphatic carbocycles. The van der Waals surface area contributed by atoms with Crippen LogP contribution in [0.4, 0.5) is 0 Å². The molecule has 2 nitrogen and oxygen atoms in total. The summed E-state index contributed by atoms with van der Waals surface area (Å²) in [6.07, 6.45) is 2.19. The first kappa shape index (κ1) is 12.0. The van der Waals surface area contributed by atoms with Gasteiger partial charge in [0.15, 0.2) is 0 Å². The zero-order valence-corrected chi connectivity index (χ0v) is 10.1. The molecule has 14 heavy (non-hydrogen) atoms. The summed E-state index contributed by atoms with van der Waals surface area (Å²) in [7, 11) is 0. The fraction of sp³-hybridized carbons (Fsp3) is 1.00. The van der Waals surface area contributed by atoms with E-state index in [0.29, 0.717) is 6.42 Å². The van der Waals surface area contributed by atoms with Crippen molar-refractivity contribution < 1.29 is 10.2 Å². The standard InChI is InChI=1S/C12H24O2/c1-9-6-7-11(5,13)8-12(9,14)10(2,3)4/h9,13-14H,6-8H2,1-5H3/t9-,11-,12-/m1/s1. The van der Waals surface area contributed by atoms with Gasteiger partial charge in [-0.25, -0.2) is 0 Å². The van der Waals surface area contributed by atoms with Gasteiger partial charge in [0.1, 0.15) is 0 Å². The van der Waals surface area contributed by atoms with Crippen molar-refractivity contribution in [1.29, 1.82) is 0 Å². The van der Waals surface area contributed by atoms with Crippen LogP contribution in [0.3, 0.4) is 0 Å². The quantitative estimate of drug-likeness (QED) is 0.630. The zero-order valence-electron chi connectivity index (χ0n) is 10.1. The molecule has 0 saturated heterocycles. The normalized spacial score (nSPS) is 45.2. The van der Waals surface area contributed by atoms with Crippen LogP contribution < -0.4 is 0 Å². The van der Waals surface area contributed by atoms with Crippen molar-refractivity contribution in [3.63, 3.8) is 0 Å². The van der Waals surface area contributed by atoms with Gasteiger partial charge in [0.05, 0.1) is 11.2 Å². The minimum Gasteiger partial charge on any atom is -0.390 e. The summed E-state index contributed by atoms with van der Waals surface area (Å²) >= 11 is 0. The predicted molar refractivity (Wildman–Crippen MR) is 58.0 cm³/mol. The molecule has 0 aliphatic heterocycles. The van der Waals surface area contributed by atoms with Crippen LogP contribution in [-0.2, 0) is 0 Å². The summed E-state index contributed by atoms with van der Waals surface area (Å²) in [6, 6.07) is 0. The lowest BCUT2D eigenvalue weighted by molar-refractivity contribution is -0.173. The Balaban J connectivity index is 2.95. The van der Waals surface area contributed by atoms with E-state index in [-0.39, 0.29) is 11.3 Å². The van der Waals surface area contributed by atoms with Gasteiger partial charge in [-0.05, 0) is 31.1 Å². The Bertz CT molecular complexity index is 215. The largest absolute Gasteiger partial charge is 0.390 e. The van der Waals surface area contributed by atoms with E-state index in [4.69, 9.17) is 0 Å². The Hall–Kier alpha value is -0.0800. The van der Waals surface area contributed by atoms with E-state index in [1.165, 1.54) is 0 Å². The second-order valence-electron chi connectivity index (χ2n) is 6.29. The minimum atomic E-state index is -0.741. The lowest BCUT2D eigenvalue weighted by atomic mass is 9.59. The second-order valence-corrected chi connectivity index (χ2v) is 6.29. The molecular formula is C12H24O2. The van der Waals surface area contributed by atoms with E-state index in [1.54, 1.807) is 0 Å². The van der Waals surface area contributed by atoms with Crippen LogP contribution in [0, 0.1) is 11.3 Å². The number of aliphatic hydroxyl groups is 2. The maximum Gasteiger partial charge on any atom is 0.0748 e. The number of rotatable bonds is 0. The van der Waals surface area contributed by atoms with Crippen molar-refractivity contribution in [2.24, 2.45) is 11.3 Å². The van der Waals surface area contributed by atoms with Gasteiger partial charge >= 0.3 is 0 Å². The van der Waals surface area contributed by atoms with Gasteiger partial charge < -0.3 is 10.2 Å². The average molecular weight is 200 g/mol. The van der Waals surface area contributed by atoms with Crippen molar-refractivity contribution in [3.05, 3.63) is 0 Å². The highest BCUT2D eigenvalue weighted by molar-refractivity contribution is 5.02. The van der Waals surface area contributed by atoms with E-state index in [9.17, 15) is 10.2 Å². The molecule has 2 N–H and O–H groups in total. The third-order valence-corrected chi connectivity index (χ3v) is 3.88. The lowest BCUT2D eigenvalue weighted by Crippen LogP contribution is -2.56. The summed E-state index contributed by atoms with van der Waals surface area (Å²) in [5, 5.41) is 20.7. The Morgan fingerprint density at radius 2 is 1.71 bits per heavy atom. The Kier molecular flexibility index (Phi) is 2.75. The molecule has 84 valence electrons. The van der Waals surface area contributed by atoms with Crippen molar-refractivity contribution in [2.75, 3.05) is 0 Å². The molecule has 0 unspecified atom stereocenters. The third-order valence-electron chi connectivity index (χ3n) is 3.88. The predicted octanol–water partition coefficient (Wildman–Crippen LogP) is 2.33. The first-order valence-electron chi connectivity index (χ1n) is 5.53. The lowest BCUT2D eigenvalue weighted by Gasteiger charge is -2.52. The molecule has 0 aromatic rings. The van der Waals surface area contributed by atoms with Crippen molar-refractivity contribution in [3.8, 4) is 0 Å². The first-order chi connectivity index (χ1) is 6.08. The van der Waals surface area contributed by atoms with Crippen LogP contribution in [-0.4, -0.2) is 21.4 Å². The van der Waals surface area contributed by atoms with E-state index >= 15 is 0 Å². The van der Waals surface area contributed by atoms with E-state index < -0.39 is 11.2 Å². The summed E-state index contributed by atoms with van der Waals surface area (Å²) in [4.78, 5) is 0. The highest BCUT2D eigenvalue weighted by Gasteiger charge is 2.51. The fourth-order valence-electron chi connectivity index (χ4n) is 2.61. The minimum absolute atomic E-state index is 0.170. The van der Waals surface area contributed by atoms with Crippen molar-refractivity contribution in [2.45, 2.75) is 65.1 Å². The average Bonchev–Trinajstić information content (AvgIpc) is 1.95. The van der Waals surface area contributed by atoms with E-state index in [1.807, 2.05) is 27.7 Å². The summed E-state index contributed by atoms with van der Waals surface area (Å²) in [5.41, 5.74) is -1.61. The molecule has 1 rings (SSSR count). The Morgan fingerprint density at radius 3 is 2.07 bits per heavy atom. The van der Waals surface area contributed by atoms with Gasteiger partial charge in [-0.3, -0.25) is 0 Å². The molecule has 0 bridgehead atoms. The molecule has 0 heterocycles. The zero-order chi connectivity index (χ0) is 11.2. The molecule has 0 radical (unpaired) electrons. The Morgan fingerprint density at radius 1 is 1.21 bits per heavy atom. The molecule has 3 atom stereocenters. The van der Waals surface area contributed by atoms with Crippen LogP contribution in [0.25, 0.3) is 0 Å². The highest BCUT2D eigenvalue weighted by Crippen LogP contribution is 2.48. The van der Waals surface area contributed by atoms with Crippen molar-refractivity contribution >= 4 is 0 Å². The van der Waals surface area contributed by atoms with Gasteiger partial charge in [-0.2, -0.15) is 0 Å². The van der Waals surface area contributed by atoms with E-state index in [0.717, 1.165) is 12.8 Å². The maximum atomic E-state index is 10.7. The molecule has 0 spiro atoms. The smallest absolute Gasteiger partial charge is 0.0748 e. The fourth-order valence-corrected chi connectivity index (χ4v) is 2.61. The van der Waals surface area contributed by atoms with Crippen molar-refractivity contribution in [1.82, 2.24) is 0 Å². The van der Waals surface area contributed by atoms with Crippen LogP contribution in [0.5, 0.6) is 0 Å². The summed E-state index contributed by atoms with van der Waals surface area (Å²) in [5.74, 6) is 0.266. The monoisotopic (exact) mass is 200 g/mol. The first-order valence-corrected chi connectivity index (χ1v) is 5.53. The molecule has 2 heteroatoms. The molecule has 0 aromatic carbocycles. The SMILES string of the molecule is C[C@@H]1CC[C@@](C)(O)C[C@]1(O)C(C)(C)C. The number of hydrogen-bond acceptors (Lipinski definition) is 2. The van der Waals surface area contributed by atoms with Gasteiger partial charge in [0, 0.05) is 6.42 Å². The molecule has 0 aromatic heterocycles. The molecule has 1 saturated carbocycles. The molecule has 1 aliphatic rings. The summed E-state index contributed by atoms with van der Waals surface area (Å²) < 4.78 is 0. The molecule has 0 amide bonds. The maximum absolute atomic E-state index is 10.7. The number of hydrogen-bond donors (Lipinski definition) is 2. The van der Waals surface area contributed by atoms with Crippen LogP contribution >= 0.6 is 0 Å². The summed E-state index contributed by atoms with van der Waals surface area (Å²) in [6.45, 7) is 10.1. The van der Waals surface area contributed by atoms with Gasteiger partial charge in [-0.1, -0.05) is 27.7 Å². The van der Waals surface area contributed by atoms with E-state index in [2.05, 4.69) is 6.92 Å². The van der Waals surface area contributed by atoms with Gasteiger partial charge in [0.25, 0.3) is 0 Å². The third kappa shape index (κ3) is 1.96. The molecule has 1 fully saturated rings. The van der Waals surface area contributed by atoms with Gasteiger partial charge in [-0.15, -0.1) is 0 Å². The van der Waals surface area contributed by atoms with Crippen LogP contribution in [0.1, 0.15) is 53.9 Å². The highest BCUT2D eigenvalue weighted by atomic mass is 16.3.